The van der Waals surface area contributed by atoms with Crippen molar-refractivity contribution in [2.45, 2.75) is 24.9 Å². The van der Waals surface area contributed by atoms with Crippen LogP contribution in [0.5, 0.6) is 0 Å². The van der Waals surface area contributed by atoms with E-state index in [9.17, 15) is 8.42 Å². The van der Waals surface area contributed by atoms with E-state index in [1.165, 1.54) is 12.4 Å². The maximum absolute atomic E-state index is 12.2. The van der Waals surface area contributed by atoms with Gasteiger partial charge >= 0.3 is 0 Å². The topological polar surface area (TPSA) is 94.7 Å². The molecule has 8 nitrogen and oxygen atoms in total. The maximum atomic E-state index is 12.2. The van der Waals surface area contributed by atoms with Gasteiger partial charge in [-0.15, -0.1) is 5.10 Å². The fraction of sp³-hybridized carbons (Fsp3) is 0.267. The van der Waals surface area contributed by atoms with Crippen LogP contribution in [0, 0.1) is 0 Å². The van der Waals surface area contributed by atoms with Crippen molar-refractivity contribution in [3.63, 3.8) is 0 Å². The molecule has 3 aromatic rings. The molecule has 0 radical (unpaired) electrons. The van der Waals surface area contributed by atoms with Gasteiger partial charge in [-0.1, -0.05) is 35.5 Å². The van der Waals surface area contributed by atoms with Gasteiger partial charge in [0.1, 0.15) is 10.6 Å². The van der Waals surface area contributed by atoms with Gasteiger partial charge in [0.15, 0.2) is 0 Å². The van der Waals surface area contributed by atoms with Gasteiger partial charge in [-0.2, -0.15) is 5.10 Å². The molecule has 0 saturated carbocycles. The fourth-order valence-electron chi connectivity index (χ4n) is 2.18. The number of aromatic nitrogens is 5. The molecule has 0 spiro atoms. The Labute approximate surface area is 140 Å². The Hall–Kier alpha value is -2.52. The van der Waals surface area contributed by atoms with Gasteiger partial charge in [0, 0.05) is 24.8 Å². The molecular weight excluding hydrogens is 328 g/mol. The van der Waals surface area contributed by atoms with Crippen LogP contribution in [0.15, 0.2) is 53.8 Å². The first kappa shape index (κ1) is 16.3. The summed E-state index contributed by atoms with van der Waals surface area (Å²) in [7, 11) is -3.56. The largest absolute Gasteiger partial charge is 0.272 e. The molecule has 0 fully saturated rings. The van der Waals surface area contributed by atoms with Crippen LogP contribution in [-0.4, -0.2) is 39.7 Å². The summed E-state index contributed by atoms with van der Waals surface area (Å²) in [5.74, 6) is 0. The summed E-state index contributed by atoms with van der Waals surface area (Å²) < 4.78 is 30.1. The number of sulfonamides is 1. The number of nitrogens with zero attached hydrogens (tertiary/aromatic N) is 5. The van der Waals surface area contributed by atoms with Gasteiger partial charge in [0.05, 0.1) is 18.9 Å². The molecule has 9 heteroatoms. The third-order valence-electron chi connectivity index (χ3n) is 3.49. The molecule has 126 valence electrons. The number of hydrogen-bond acceptors (Lipinski definition) is 5. The SMILES string of the molecule is CCn1cc(S(=O)(=O)NCCn2cc(-c3ccccc3)nn2)cn1. The molecule has 0 atom stereocenters. The van der Waals surface area contributed by atoms with Crippen molar-refractivity contribution < 1.29 is 8.42 Å². The normalized spacial score (nSPS) is 11.7. The zero-order valence-electron chi connectivity index (χ0n) is 13.2. The van der Waals surface area contributed by atoms with E-state index in [4.69, 9.17) is 0 Å². The van der Waals surface area contributed by atoms with Crippen molar-refractivity contribution in [1.82, 2.24) is 29.5 Å². The molecule has 0 bridgehead atoms. The highest BCUT2D eigenvalue weighted by atomic mass is 32.2. The van der Waals surface area contributed by atoms with Crippen LogP contribution < -0.4 is 4.72 Å². The Morgan fingerprint density at radius 2 is 1.92 bits per heavy atom. The summed E-state index contributed by atoms with van der Waals surface area (Å²) in [6.45, 7) is 3.13. The van der Waals surface area contributed by atoms with Gasteiger partial charge < -0.3 is 0 Å². The molecule has 2 heterocycles. The Morgan fingerprint density at radius 3 is 2.62 bits per heavy atom. The third kappa shape index (κ3) is 3.69. The average Bonchev–Trinajstić information content (AvgIpc) is 3.25. The fourth-order valence-corrected chi connectivity index (χ4v) is 3.16. The monoisotopic (exact) mass is 346 g/mol. The molecule has 0 aliphatic rings. The highest BCUT2D eigenvalue weighted by Crippen LogP contribution is 2.14. The Kier molecular flexibility index (Phi) is 4.72. The number of rotatable bonds is 7. The summed E-state index contributed by atoms with van der Waals surface area (Å²) in [5.41, 5.74) is 1.72. The molecule has 24 heavy (non-hydrogen) atoms. The second-order valence-corrected chi connectivity index (χ2v) is 6.93. The van der Waals surface area contributed by atoms with Crippen LogP contribution >= 0.6 is 0 Å². The molecule has 2 aromatic heterocycles. The van der Waals surface area contributed by atoms with Crippen LogP contribution in [0.25, 0.3) is 11.3 Å². The highest BCUT2D eigenvalue weighted by Gasteiger charge is 2.15. The second kappa shape index (κ2) is 6.93. The number of nitrogens with one attached hydrogen (secondary N) is 1. The predicted molar refractivity (Wildman–Crippen MR) is 88.5 cm³/mol. The molecule has 0 aliphatic carbocycles. The first-order valence-electron chi connectivity index (χ1n) is 7.56. The molecule has 1 N–H and O–H groups in total. The van der Waals surface area contributed by atoms with Crippen molar-refractivity contribution in [3.8, 4) is 11.3 Å². The summed E-state index contributed by atoms with van der Waals surface area (Å²) in [6.07, 6.45) is 4.64. The van der Waals surface area contributed by atoms with Crippen molar-refractivity contribution in [1.29, 1.82) is 0 Å². The molecule has 0 aliphatic heterocycles. The zero-order chi connectivity index (χ0) is 17.0. The van der Waals surface area contributed by atoms with E-state index in [1.807, 2.05) is 37.3 Å². The van der Waals surface area contributed by atoms with Crippen LogP contribution in [0.2, 0.25) is 0 Å². The van der Waals surface area contributed by atoms with Gasteiger partial charge in [0.25, 0.3) is 0 Å². The number of hydrogen-bond donors (Lipinski definition) is 1. The van der Waals surface area contributed by atoms with Crippen molar-refractivity contribution in [3.05, 3.63) is 48.9 Å². The molecule has 3 rings (SSSR count). The molecule has 0 amide bonds. The zero-order valence-corrected chi connectivity index (χ0v) is 14.0. The predicted octanol–water partition coefficient (Wildman–Crippen LogP) is 1.14. The molecule has 0 saturated heterocycles. The van der Waals surface area contributed by atoms with Crippen LogP contribution in [0.4, 0.5) is 0 Å². The first-order valence-corrected chi connectivity index (χ1v) is 9.04. The maximum Gasteiger partial charge on any atom is 0.243 e. The van der Waals surface area contributed by atoms with Crippen molar-refractivity contribution in [2.75, 3.05) is 6.54 Å². The van der Waals surface area contributed by atoms with Crippen LogP contribution in [-0.2, 0) is 23.1 Å². The van der Waals surface area contributed by atoms with E-state index in [0.717, 1.165) is 11.3 Å². The van der Waals surface area contributed by atoms with E-state index in [-0.39, 0.29) is 11.4 Å². The summed E-state index contributed by atoms with van der Waals surface area (Å²) in [6, 6.07) is 9.69. The second-order valence-electron chi connectivity index (χ2n) is 5.16. The molecular formula is C15H18N6O2S. The molecule has 1 aromatic carbocycles. The number of aryl methyl sites for hydroxylation is 1. The standard InChI is InChI=1S/C15H18N6O2S/c1-2-20-11-14(10-16-20)24(22,23)17-8-9-21-12-15(18-19-21)13-6-4-3-5-7-13/h3-7,10-12,17H,2,8-9H2,1H3. The summed E-state index contributed by atoms with van der Waals surface area (Å²) >= 11 is 0. The van der Waals surface area contributed by atoms with E-state index in [1.54, 1.807) is 15.6 Å². The van der Waals surface area contributed by atoms with Crippen LogP contribution in [0.1, 0.15) is 6.92 Å². The number of benzene rings is 1. The van der Waals surface area contributed by atoms with Gasteiger partial charge in [-0.3, -0.25) is 9.36 Å². The van der Waals surface area contributed by atoms with Crippen molar-refractivity contribution >= 4 is 10.0 Å². The lowest BCUT2D eigenvalue weighted by molar-refractivity contribution is 0.552. The minimum atomic E-state index is -3.56. The quantitative estimate of drug-likeness (QED) is 0.692. The van der Waals surface area contributed by atoms with Gasteiger partial charge in [-0.25, -0.2) is 13.1 Å². The summed E-state index contributed by atoms with van der Waals surface area (Å²) in [5, 5.41) is 12.1. The molecule has 0 unspecified atom stereocenters. The third-order valence-corrected chi connectivity index (χ3v) is 4.90. The highest BCUT2D eigenvalue weighted by molar-refractivity contribution is 7.89. The summed E-state index contributed by atoms with van der Waals surface area (Å²) in [4.78, 5) is 0.160. The van der Waals surface area contributed by atoms with Gasteiger partial charge in [0.2, 0.25) is 10.0 Å². The minimum Gasteiger partial charge on any atom is -0.272 e. The van der Waals surface area contributed by atoms with Crippen molar-refractivity contribution in [2.24, 2.45) is 0 Å². The van der Waals surface area contributed by atoms with E-state index in [2.05, 4.69) is 20.1 Å². The Bertz CT molecular complexity index is 901. The minimum absolute atomic E-state index is 0.160. The first-order chi connectivity index (χ1) is 11.6. The lowest BCUT2D eigenvalue weighted by Gasteiger charge is -2.04. The van der Waals surface area contributed by atoms with Gasteiger partial charge in [-0.05, 0) is 6.92 Å². The smallest absolute Gasteiger partial charge is 0.243 e. The Balaban J connectivity index is 1.59. The lowest BCUT2D eigenvalue weighted by atomic mass is 10.2. The lowest BCUT2D eigenvalue weighted by Crippen LogP contribution is -2.27. The van der Waals surface area contributed by atoms with E-state index < -0.39 is 10.0 Å². The van der Waals surface area contributed by atoms with E-state index in [0.29, 0.717) is 13.1 Å². The Morgan fingerprint density at radius 1 is 1.12 bits per heavy atom. The van der Waals surface area contributed by atoms with Crippen LogP contribution in [0.3, 0.4) is 0 Å². The average molecular weight is 346 g/mol. The van der Waals surface area contributed by atoms with E-state index >= 15 is 0 Å².